The van der Waals surface area contributed by atoms with Crippen LogP contribution in [0, 0.1) is 20.8 Å². The fourth-order valence-corrected chi connectivity index (χ4v) is 3.18. The molecule has 0 aromatic heterocycles. The summed E-state index contributed by atoms with van der Waals surface area (Å²) in [7, 11) is 1.52. The number of carbonyl (C=O) groups is 2. The molecule has 0 spiro atoms. The van der Waals surface area contributed by atoms with E-state index in [0.29, 0.717) is 16.5 Å². The van der Waals surface area contributed by atoms with Gasteiger partial charge in [-0.2, -0.15) is 0 Å². The minimum atomic E-state index is -0.209. The highest BCUT2D eigenvalue weighted by molar-refractivity contribution is 8.00. The third kappa shape index (κ3) is 6.19. The lowest BCUT2D eigenvalue weighted by Gasteiger charge is -2.12. The van der Waals surface area contributed by atoms with Crippen molar-refractivity contribution in [2.45, 2.75) is 20.8 Å². The molecular formula is C20H23ClN2O3S. The van der Waals surface area contributed by atoms with Crippen LogP contribution < -0.4 is 15.4 Å². The molecule has 0 fully saturated rings. The molecule has 0 saturated carbocycles. The minimum absolute atomic E-state index is 0.138. The van der Waals surface area contributed by atoms with Gasteiger partial charge in [0.05, 0.1) is 24.3 Å². The normalized spacial score (nSPS) is 10.4. The molecule has 0 atom stereocenters. The molecule has 0 unspecified atom stereocenters. The van der Waals surface area contributed by atoms with Gasteiger partial charge in [0, 0.05) is 16.8 Å². The summed E-state index contributed by atoms with van der Waals surface area (Å²) in [5.74, 6) is 0.500. The molecule has 2 rings (SSSR count). The number of anilines is 2. The number of hydrogen-bond donors (Lipinski definition) is 2. The van der Waals surface area contributed by atoms with E-state index in [2.05, 4.69) is 10.6 Å². The number of rotatable bonds is 7. The maximum absolute atomic E-state index is 12.2. The molecule has 2 amide bonds. The van der Waals surface area contributed by atoms with Crippen LogP contribution in [0.15, 0.2) is 30.3 Å². The minimum Gasteiger partial charge on any atom is -0.495 e. The second-order valence-electron chi connectivity index (χ2n) is 6.21. The van der Waals surface area contributed by atoms with Crippen molar-refractivity contribution in [3.63, 3.8) is 0 Å². The number of ether oxygens (including phenoxy) is 1. The summed E-state index contributed by atoms with van der Waals surface area (Å²) in [6.45, 7) is 5.77. The summed E-state index contributed by atoms with van der Waals surface area (Å²) >= 11 is 7.31. The Balaban J connectivity index is 1.85. The number of hydrogen-bond acceptors (Lipinski definition) is 4. The maximum atomic E-state index is 12.2. The first kappa shape index (κ1) is 21.1. The Morgan fingerprint density at radius 3 is 2.22 bits per heavy atom. The van der Waals surface area contributed by atoms with Crippen molar-refractivity contribution in [2.75, 3.05) is 29.2 Å². The number of aryl methyl sites for hydroxylation is 3. The standard InChI is InChI=1S/C20H23ClN2O3S/c1-12-5-6-13(2)16(7-12)22-19(24)10-27-11-20(25)23-17-8-14(3)15(21)9-18(17)26-4/h5-9H,10-11H2,1-4H3,(H,22,24)(H,23,25). The molecule has 2 aromatic rings. The number of benzene rings is 2. The van der Waals surface area contributed by atoms with Crippen molar-refractivity contribution < 1.29 is 14.3 Å². The Hall–Kier alpha value is -2.18. The molecule has 2 aromatic carbocycles. The Bertz CT molecular complexity index is 855. The van der Waals surface area contributed by atoms with Gasteiger partial charge in [-0.3, -0.25) is 9.59 Å². The summed E-state index contributed by atoms with van der Waals surface area (Å²) in [5, 5.41) is 6.25. The Morgan fingerprint density at radius 1 is 0.963 bits per heavy atom. The van der Waals surface area contributed by atoms with Crippen molar-refractivity contribution in [2.24, 2.45) is 0 Å². The van der Waals surface area contributed by atoms with E-state index < -0.39 is 0 Å². The van der Waals surface area contributed by atoms with E-state index >= 15 is 0 Å². The molecule has 0 radical (unpaired) electrons. The lowest BCUT2D eigenvalue weighted by Crippen LogP contribution is -2.19. The van der Waals surface area contributed by atoms with Crippen LogP contribution in [0.25, 0.3) is 0 Å². The number of carbonyl (C=O) groups excluding carboxylic acids is 2. The van der Waals surface area contributed by atoms with Gasteiger partial charge in [0.1, 0.15) is 5.75 Å². The number of amides is 2. The highest BCUT2D eigenvalue weighted by Crippen LogP contribution is 2.31. The maximum Gasteiger partial charge on any atom is 0.234 e. The lowest BCUT2D eigenvalue weighted by atomic mass is 10.1. The Kier molecular flexibility index (Phi) is 7.56. The van der Waals surface area contributed by atoms with Crippen LogP contribution in [0.2, 0.25) is 5.02 Å². The predicted molar refractivity (Wildman–Crippen MR) is 113 cm³/mol. The van der Waals surface area contributed by atoms with E-state index in [9.17, 15) is 9.59 Å². The van der Waals surface area contributed by atoms with Crippen LogP contribution in [0.4, 0.5) is 11.4 Å². The third-order valence-electron chi connectivity index (χ3n) is 3.89. The van der Waals surface area contributed by atoms with Gasteiger partial charge < -0.3 is 15.4 Å². The summed E-state index contributed by atoms with van der Waals surface area (Å²) in [6, 6.07) is 9.32. The fraction of sp³-hybridized carbons (Fsp3) is 0.300. The topological polar surface area (TPSA) is 67.4 Å². The molecule has 7 heteroatoms. The number of halogens is 1. The van der Waals surface area contributed by atoms with Gasteiger partial charge in [-0.05, 0) is 49.6 Å². The summed E-state index contributed by atoms with van der Waals surface area (Å²) < 4.78 is 5.24. The van der Waals surface area contributed by atoms with E-state index in [1.165, 1.54) is 18.9 Å². The van der Waals surface area contributed by atoms with Gasteiger partial charge in [0.25, 0.3) is 0 Å². The summed E-state index contributed by atoms with van der Waals surface area (Å²) in [5.41, 5.74) is 4.28. The first-order valence-corrected chi connectivity index (χ1v) is 9.92. The summed E-state index contributed by atoms with van der Waals surface area (Å²) in [4.78, 5) is 24.3. The van der Waals surface area contributed by atoms with E-state index in [1.54, 1.807) is 12.1 Å². The third-order valence-corrected chi connectivity index (χ3v) is 5.23. The first-order valence-electron chi connectivity index (χ1n) is 8.39. The van der Waals surface area contributed by atoms with Crippen molar-refractivity contribution in [1.82, 2.24) is 0 Å². The zero-order valence-electron chi connectivity index (χ0n) is 15.8. The molecular weight excluding hydrogens is 384 g/mol. The lowest BCUT2D eigenvalue weighted by molar-refractivity contribution is -0.114. The number of nitrogens with one attached hydrogen (secondary N) is 2. The zero-order chi connectivity index (χ0) is 20.0. The Morgan fingerprint density at radius 2 is 1.59 bits per heavy atom. The second kappa shape index (κ2) is 9.67. The van der Waals surface area contributed by atoms with Crippen LogP contribution >= 0.6 is 23.4 Å². The quantitative estimate of drug-likeness (QED) is 0.706. The molecule has 144 valence electrons. The van der Waals surface area contributed by atoms with Gasteiger partial charge in [0.15, 0.2) is 0 Å². The molecule has 0 bridgehead atoms. The van der Waals surface area contributed by atoms with Gasteiger partial charge >= 0.3 is 0 Å². The first-order chi connectivity index (χ1) is 12.8. The number of methoxy groups -OCH3 is 1. The smallest absolute Gasteiger partial charge is 0.234 e. The SMILES string of the molecule is COc1cc(Cl)c(C)cc1NC(=O)CSCC(=O)Nc1cc(C)ccc1C. The van der Waals surface area contributed by atoms with Crippen LogP contribution in [0.5, 0.6) is 5.75 Å². The van der Waals surface area contributed by atoms with Gasteiger partial charge in [-0.25, -0.2) is 0 Å². The van der Waals surface area contributed by atoms with Gasteiger partial charge in [-0.1, -0.05) is 23.7 Å². The van der Waals surface area contributed by atoms with Crippen LogP contribution in [-0.4, -0.2) is 30.4 Å². The highest BCUT2D eigenvalue weighted by atomic mass is 35.5. The molecule has 0 heterocycles. The van der Waals surface area contributed by atoms with Crippen LogP contribution in [0.3, 0.4) is 0 Å². The molecule has 5 nitrogen and oxygen atoms in total. The van der Waals surface area contributed by atoms with E-state index in [1.807, 2.05) is 39.0 Å². The van der Waals surface area contributed by atoms with Crippen molar-refractivity contribution in [3.05, 3.63) is 52.0 Å². The van der Waals surface area contributed by atoms with Crippen LogP contribution in [0.1, 0.15) is 16.7 Å². The molecule has 27 heavy (non-hydrogen) atoms. The van der Waals surface area contributed by atoms with E-state index in [0.717, 1.165) is 22.4 Å². The van der Waals surface area contributed by atoms with Crippen LogP contribution in [-0.2, 0) is 9.59 Å². The molecule has 0 saturated heterocycles. The summed E-state index contributed by atoms with van der Waals surface area (Å²) in [6.07, 6.45) is 0. The molecule has 2 N–H and O–H groups in total. The average Bonchev–Trinajstić information content (AvgIpc) is 2.61. The second-order valence-corrected chi connectivity index (χ2v) is 7.60. The largest absolute Gasteiger partial charge is 0.495 e. The number of thioether (sulfide) groups is 1. The monoisotopic (exact) mass is 406 g/mol. The molecule has 0 aliphatic carbocycles. The van der Waals surface area contributed by atoms with Crippen molar-refractivity contribution >= 4 is 46.6 Å². The average molecular weight is 407 g/mol. The molecule has 0 aliphatic heterocycles. The van der Waals surface area contributed by atoms with Crippen molar-refractivity contribution in [3.8, 4) is 5.75 Å². The Labute approximate surface area is 168 Å². The predicted octanol–water partition coefficient (Wildman–Crippen LogP) is 4.58. The van der Waals surface area contributed by atoms with Gasteiger partial charge in [-0.15, -0.1) is 11.8 Å². The highest BCUT2D eigenvalue weighted by Gasteiger charge is 2.12. The zero-order valence-corrected chi connectivity index (χ0v) is 17.4. The van der Waals surface area contributed by atoms with E-state index in [-0.39, 0.29) is 23.3 Å². The molecule has 0 aliphatic rings. The van der Waals surface area contributed by atoms with Gasteiger partial charge in [0.2, 0.25) is 11.8 Å². The fourth-order valence-electron chi connectivity index (χ4n) is 2.41. The van der Waals surface area contributed by atoms with E-state index in [4.69, 9.17) is 16.3 Å². The van der Waals surface area contributed by atoms with Crippen molar-refractivity contribution in [1.29, 1.82) is 0 Å².